The molecule has 0 spiro atoms. The molecule has 5 rings (SSSR count). The molecule has 1 aromatic carbocycles. The molecule has 1 N–H and O–H groups in total. The van der Waals surface area contributed by atoms with Gasteiger partial charge in [-0.2, -0.15) is 0 Å². The highest BCUT2D eigenvalue weighted by Crippen LogP contribution is 2.36. The Labute approximate surface area is 188 Å². The second-order valence-electron chi connectivity index (χ2n) is 8.51. The number of aromatic nitrogens is 4. The van der Waals surface area contributed by atoms with Crippen LogP contribution in [0, 0.1) is 0 Å². The molecule has 2 aromatic heterocycles. The van der Waals surface area contributed by atoms with Gasteiger partial charge in [-0.3, -0.25) is 4.57 Å². The van der Waals surface area contributed by atoms with E-state index in [0.717, 1.165) is 61.7 Å². The molecule has 1 atom stereocenters. The minimum Gasteiger partial charge on any atom is -0.474 e. The molecule has 6 nitrogen and oxygen atoms in total. The Hall–Kier alpha value is -2.44. The first-order valence-corrected chi connectivity index (χ1v) is 11.6. The van der Waals surface area contributed by atoms with Crippen molar-refractivity contribution in [2.75, 3.05) is 6.54 Å². The van der Waals surface area contributed by atoms with Crippen LogP contribution in [-0.4, -0.2) is 38.4 Å². The predicted molar refractivity (Wildman–Crippen MR) is 121 cm³/mol. The van der Waals surface area contributed by atoms with Crippen LogP contribution in [0.15, 0.2) is 42.6 Å². The number of hydrogen-bond acceptors (Lipinski definition) is 5. The second kappa shape index (κ2) is 8.97. The van der Waals surface area contributed by atoms with Gasteiger partial charge in [-0.15, -0.1) is 10.2 Å². The minimum atomic E-state index is 0.210. The van der Waals surface area contributed by atoms with Gasteiger partial charge in [0.2, 0.25) is 5.88 Å². The largest absolute Gasteiger partial charge is 0.474 e. The van der Waals surface area contributed by atoms with Crippen LogP contribution < -0.4 is 10.1 Å². The molecular weight excluding hydrogens is 410 g/mol. The number of ether oxygens (including phenoxy) is 1. The van der Waals surface area contributed by atoms with Gasteiger partial charge in [0.15, 0.2) is 0 Å². The van der Waals surface area contributed by atoms with Gasteiger partial charge < -0.3 is 10.1 Å². The van der Waals surface area contributed by atoms with Crippen LogP contribution in [0.25, 0.3) is 5.69 Å². The van der Waals surface area contributed by atoms with E-state index in [1.54, 1.807) is 6.20 Å². The standard InChI is InChI=1S/C24H28ClN5O/c1-2-26-19-14-17-13-18(25)8-11-21(17)30-22(15-19)28-29-24(30)16-6-9-20(10-7-16)31-23-5-3-4-12-27-23/h3-5,8,11-13,16,19-20,26H,2,6-7,9-10,14-15H2,1H3/t16?,19-,20?/m1/s1. The van der Waals surface area contributed by atoms with Gasteiger partial charge in [0.1, 0.15) is 17.8 Å². The first kappa shape index (κ1) is 20.5. The Morgan fingerprint density at radius 3 is 2.74 bits per heavy atom. The summed E-state index contributed by atoms with van der Waals surface area (Å²) in [6, 6.07) is 12.3. The third-order valence-corrected chi connectivity index (χ3v) is 6.63. The predicted octanol–water partition coefficient (Wildman–Crippen LogP) is 4.50. The smallest absolute Gasteiger partial charge is 0.213 e. The second-order valence-corrected chi connectivity index (χ2v) is 8.94. The summed E-state index contributed by atoms with van der Waals surface area (Å²) >= 11 is 6.35. The van der Waals surface area contributed by atoms with E-state index in [4.69, 9.17) is 16.3 Å². The summed E-state index contributed by atoms with van der Waals surface area (Å²) in [6.45, 7) is 3.08. The molecule has 0 unspecified atom stereocenters. The fraction of sp³-hybridized carbons (Fsp3) is 0.458. The molecule has 3 aromatic rings. The van der Waals surface area contributed by atoms with E-state index < -0.39 is 0 Å². The molecule has 1 aliphatic heterocycles. The van der Waals surface area contributed by atoms with Crippen LogP contribution in [-0.2, 0) is 12.8 Å². The molecule has 1 aliphatic carbocycles. The lowest BCUT2D eigenvalue weighted by Crippen LogP contribution is -2.32. The van der Waals surface area contributed by atoms with E-state index in [-0.39, 0.29) is 6.10 Å². The van der Waals surface area contributed by atoms with Crippen molar-refractivity contribution in [1.29, 1.82) is 0 Å². The van der Waals surface area contributed by atoms with E-state index in [9.17, 15) is 0 Å². The third-order valence-electron chi connectivity index (χ3n) is 6.39. The van der Waals surface area contributed by atoms with E-state index >= 15 is 0 Å². The SMILES string of the molecule is CCN[C@@H]1Cc2cc(Cl)ccc2-n2c(nnc2C2CCC(Oc3ccccn3)CC2)C1. The lowest BCUT2D eigenvalue weighted by atomic mass is 9.86. The first-order valence-electron chi connectivity index (χ1n) is 11.2. The number of benzene rings is 1. The lowest BCUT2D eigenvalue weighted by Gasteiger charge is -2.28. The third kappa shape index (κ3) is 4.32. The van der Waals surface area contributed by atoms with Crippen LogP contribution in [0.5, 0.6) is 5.88 Å². The van der Waals surface area contributed by atoms with Gasteiger partial charge >= 0.3 is 0 Å². The molecule has 1 fully saturated rings. The number of rotatable bonds is 5. The molecule has 0 radical (unpaired) electrons. The summed E-state index contributed by atoms with van der Waals surface area (Å²) in [7, 11) is 0. The van der Waals surface area contributed by atoms with Crippen molar-refractivity contribution in [2.24, 2.45) is 0 Å². The van der Waals surface area contributed by atoms with Crippen molar-refractivity contribution in [3.05, 3.63) is 64.8 Å². The number of pyridine rings is 1. The fourth-order valence-electron chi connectivity index (χ4n) is 4.94. The monoisotopic (exact) mass is 437 g/mol. The zero-order chi connectivity index (χ0) is 21.2. The van der Waals surface area contributed by atoms with Crippen molar-refractivity contribution in [1.82, 2.24) is 25.1 Å². The van der Waals surface area contributed by atoms with Gasteiger partial charge in [-0.1, -0.05) is 24.6 Å². The van der Waals surface area contributed by atoms with Crippen LogP contribution in [0.2, 0.25) is 5.02 Å². The Balaban J connectivity index is 1.39. The van der Waals surface area contributed by atoms with E-state index in [1.807, 2.05) is 24.3 Å². The molecule has 3 heterocycles. The highest BCUT2D eigenvalue weighted by atomic mass is 35.5. The maximum atomic E-state index is 6.35. The zero-order valence-corrected chi connectivity index (χ0v) is 18.6. The summed E-state index contributed by atoms with van der Waals surface area (Å²) in [5, 5.41) is 13.7. The summed E-state index contributed by atoms with van der Waals surface area (Å²) in [5.74, 6) is 3.20. The number of hydrogen-bond donors (Lipinski definition) is 1. The maximum absolute atomic E-state index is 6.35. The molecule has 1 saturated carbocycles. The average Bonchev–Trinajstić information content (AvgIpc) is 3.12. The van der Waals surface area contributed by atoms with Crippen LogP contribution in [0.4, 0.5) is 0 Å². The van der Waals surface area contributed by atoms with Crippen molar-refractivity contribution >= 4 is 11.6 Å². The Kier molecular flexibility index (Phi) is 5.92. The first-order chi connectivity index (χ1) is 15.2. The molecule has 0 saturated heterocycles. The number of likely N-dealkylation sites (N-methyl/N-ethyl adjacent to an activating group) is 1. The summed E-state index contributed by atoms with van der Waals surface area (Å²) in [6.07, 6.45) is 7.86. The molecule has 162 valence electrons. The van der Waals surface area contributed by atoms with Gasteiger partial charge in [0.25, 0.3) is 0 Å². The maximum Gasteiger partial charge on any atom is 0.213 e. The Morgan fingerprint density at radius 1 is 1.10 bits per heavy atom. The van der Waals surface area contributed by atoms with E-state index in [1.165, 1.54) is 11.3 Å². The van der Waals surface area contributed by atoms with Crippen molar-refractivity contribution in [2.45, 2.75) is 63.5 Å². The average molecular weight is 438 g/mol. The van der Waals surface area contributed by atoms with Crippen LogP contribution >= 0.6 is 11.6 Å². The van der Waals surface area contributed by atoms with Crippen LogP contribution in [0.3, 0.4) is 0 Å². The number of nitrogens with one attached hydrogen (secondary N) is 1. The molecule has 0 bridgehead atoms. The van der Waals surface area contributed by atoms with Crippen LogP contribution in [0.1, 0.15) is 55.7 Å². The van der Waals surface area contributed by atoms with Gasteiger partial charge in [0, 0.05) is 35.7 Å². The molecule has 0 amide bonds. The quantitative estimate of drug-likeness (QED) is 0.636. The fourth-order valence-corrected chi connectivity index (χ4v) is 5.14. The highest BCUT2D eigenvalue weighted by Gasteiger charge is 2.31. The zero-order valence-electron chi connectivity index (χ0n) is 17.8. The summed E-state index contributed by atoms with van der Waals surface area (Å²) in [4.78, 5) is 4.30. The Bertz CT molecular complexity index is 1030. The number of nitrogens with zero attached hydrogens (tertiary/aromatic N) is 4. The van der Waals surface area contributed by atoms with Gasteiger partial charge in [0.05, 0.1) is 5.69 Å². The molecule has 2 aliphatic rings. The summed E-state index contributed by atoms with van der Waals surface area (Å²) < 4.78 is 8.39. The van der Waals surface area contributed by atoms with Crippen molar-refractivity contribution in [3.63, 3.8) is 0 Å². The van der Waals surface area contributed by atoms with Gasteiger partial charge in [-0.05, 0) is 68.5 Å². The minimum absolute atomic E-state index is 0.210. The Morgan fingerprint density at radius 2 is 1.97 bits per heavy atom. The lowest BCUT2D eigenvalue weighted by molar-refractivity contribution is 0.139. The van der Waals surface area contributed by atoms with Crippen molar-refractivity contribution in [3.8, 4) is 11.6 Å². The normalized spacial score (nSPS) is 23.0. The molecule has 7 heteroatoms. The molecule has 31 heavy (non-hydrogen) atoms. The molecular formula is C24H28ClN5O. The van der Waals surface area contributed by atoms with E-state index in [0.29, 0.717) is 17.8 Å². The van der Waals surface area contributed by atoms with Crippen molar-refractivity contribution < 1.29 is 4.74 Å². The van der Waals surface area contributed by atoms with Gasteiger partial charge in [-0.25, -0.2) is 4.98 Å². The summed E-state index contributed by atoms with van der Waals surface area (Å²) in [5.41, 5.74) is 2.43. The number of halogens is 1. The van der Waals surface area contributed by atoms with E-state index in [2.05, 4.69) is 44.1 Å². The highest BCUT2D eigenvalue weighted by molar-refractivity contribution is 6.30. The number of fused-ring (bicyclic) bond motifs is 3. The topological polar surface area (TPSA) is 64.9 Å².